The van der Waals surface area contributed by atoms with Crippen molar-refractivity contribution in [3.63, 3.8) is 0 Å². The van der Waals surface area contributed by atoms with Crippen molar-refractivity contribution in [3.05, 3.63) is 71.9 Å². The van der Waals surface area contributed by atoms with Gasteiger partial charge in [-0.25, -0.2) is 0 Å². The zero-order chi connectivity index (χ0) is 22.7. The highest BCUT2D eigenvalue weighted by Crippen LogP contribution is 2.31. The fourth-order valence-electron chi connectivity index (χ4n) is 2.92. The van der Waals surface area contributed by atoms with E-state index < -0.39 is 13.7 Å². The van der Waals surface area contributed by atoms with Crippen LogP contribution in [0.3, 0.4) is 0 Å². The maximum absolute atomic E-state index is 7.79. The number of para-hydroxylation sites is 1. The van der Waals surface area contributed by atoms with Crippen LogP contribution in [-0.2, 0) is 0 Å². The Morgan fingerprint density at radius 3 is 2.73 bits per heavy atom. The molecule has 0 saturated heterocycles. The van der Waals surface area contributed by atoms with Gasteiger partial charge < -0.3 is 4.42 Å². The molecule has 0 aliphatic carbocycles. The molecule has 126 valence electrons. The SMILES string of the molecule is [2H]C([2H])([2H])c1cnc(-c2cccc3c2oc2nc(-c4ccccc4)nn23)cc1C([2H])([2H])[2H]. The molecular weight excluding hydrogens is 324 g/mol. The molecule has 3 heterocycles. The molecule has 5 aromatic rings. The molecule has 5 nitrogen and oxygen atoms in total. The lowest BCUT2D eigenvalue weighted by molar-refractivity contribution is 0.639. The lowest BCUT2D eigenvalue weighted by atomic mass is 10.1. The molecule has 0 fully saturated rings. The summed E-state index contributed by atoms with van der Waals surface area (Å²) >= 11 is 0. The fourth-order valence-corrected chi connectivity index (χ4v) is 2.92. The number of hydrogen-bond acceptors (Lipinski definition) is 4. The predicted octanol–water partition coefficient (Wildman–Crippen LogP) is 4.82. The van der Waals surface area contributed by atoms with Crippen LogP contribution >= 0.6 is 0 Å². The predicted molar refractivity (Wildman–Crippen MR) is 101 cm³/mol. The van der Waals surface area contributed by atoms with Crippen LogP contribution in [0.25, 0.3) is 39.6 Å². The van der Waals surface area contributed by atoms with Crippen molar-refractivity contribution in [1.82, 2.24) is 19.6 Å². The van der Waals surface area contributed by atoms with Crippen LogP contribution in [0.5, 0.6) is 0 Å². The molecule has 0 atom stereocenters. The van der Waals surface area contributed by atoms with Crippen LogP contribution in [0.1, 0.15) is 19.4 Å². The van der Waals surface area contributed by atoms with Gasteiger partial charge in [-0.1, -0.05) is 36.4 Å². The Kier molecular flexibility index (Phi) is 2.10. The first-order valence-corrected chi connectivity index (χ1v) is 7.98. The highest BCUT2D eigenvalue weighted by atomic mass is 16.4. The molecule has 0 saturated carbocycles. The first-order chi connectivity index (χ1) is 15.1. The zero-order valence-electron chi connectivity index (χ0n) is 19.5. The second kappa shape index (κ2) is 5.52. The Balaban J connectivity index is 1.68. The number of aryl methyl sites for hydroxylation is 2. The quantitative estimate of drug-likeness (QED) is 0.460. The van der Waals surface area contributed by atoms with Gasteiger partial charge in [-0.05, 0) is 43.0 Å². The average Bonchev–Trinajstić information content (AvgIpc) is 3.31. The molecule has 0 bridgehead atoms. The van der Waals surface area contributed by atoms with Gasteiger partial charge in [0.2, 0.25) is 0 Å². The maximum atomic E-state index is 7.79. The summed E-state index contributed by atoms with van der Waals surface area (Å²) in [7, 11) is 0. The molecule has 0 N–H and O–H groups in total. The normalized spacial score (nSPS) is 15.8. The number of aromatic nitrogens is 4. The average molecular weight is 346 g/mol. The van der Waals surface area contributed by atoms with Gasteiger partial charge in [0, 0.05) is 25.5 Å². The molecule has 2 aromatic carbocycles. The van der Waals surface area contributed by atoms with Crippen molar-refractivity contribution in [1.29, 1.82) is 0 Å². The monoisotopic (exact) mass is 346 g/mol. The molecule has 3 aromatic heterocycles. The van der Waals surface area contributed by atoms with Crippen molar-refractivity contribution in [2.75, 3.05) is 0 Å². The highest BCUT2D eigenvalue weighted by Gasteiger charge is 2.17. The van der Waals surface area contributed by atoms with Gasteiger partial charge in [0.25, 0.3) is 0 Å². The van der Waals surface area contributed by atoms with E-state index in [1.807, 2.05) is 30.3 Å². The molecule has 0 unspecified atom stereocenters. The summed E-state index contributed by atoms with van der Waals surface area (Å²) in [5.41, 5.74) is 2.14. The number of hydrogen-bond donors (Lipinski definition) is 0. The van der Waals surface area contributed by atoms with E-state index in [0.717, 1.165) is 11.8 Å². The van der Waals surface area contributed by atoms with Crippen LogP contribution < -0.4 is 0 Å². The molecule has 0 aliphatic heterocycles. The first-order valence-electron chi connectivity index (χ1n) is 11.0. The molecule has 0 aliphatic rings. The number of fused-ring (bicyclic) bond motifs is 3. The zero-order valence-corrected chi connectivity index (χ0v) is 13.5. The van der Waals surface area contributed by atoms with Crippen LogP contribution in [-0.4, -0.2) is 19.6 Å². The Bertz CT molecular complexity index is 1450. The minimum absolute atomic E-state index is 0.264. The highest BCUT2D eigenvalue weighted by molar-refractivity contribution is 5.91. The van der Waals surface area contributed by atoms with E-state index in [9.17, 15) is 0 Å². The maximum Gasteiger partial charge on any atom is 0.326 e. The Labute approximate surface area is 158 Å². The number of oxazole rings is 1. The molecule has 0 radical (unpaired) electrons. The number of benzene rings is 2. The van der Waals surface area contributed by atoms with E-state index in [1.54, 1.807) is 22.7 Å². The third kappa shape index (κ3) is 2.21. The van der Waals surface area contributed by atoms with Gasteiger partial charge >= 0.3 is 5.84 Å². The molecule has 0 spiro atoms. The van der Waals surface area contributed by atoms with Crippen molar-refractivity contribution in [3.8, 4) is 22.6 Å². The Hall–Kier alpha value is -3.47. The summed E-state index contributed by atoms with van der Waals surface area (Å²) < 4.78 is 53.9. The summed E-state index contributed by atoms with van der Waals surface area (Å²) in [6.07, 6.45) is 1.10. The second-order valence-corrected chi connectivity index (χ2v) is 5.87. The standard InChI is InChI=1S/C21H16N4O/c1-13-11-17(22-12-14(13)2)16-9-6-10-18-19(16)26-21-23-20(24-25(18)21)15-7-4-3-5-8-15/h3-12H,1-2H3/i1D3,2D3. The van der Waals surface area contributed by atoms with Crippen LogP contribution in [0.2, 0.25) is 0 Å². The van der Waals surface area contributed by atoms with Gasteiger partial charge in [-0.3, -0.25) is 4.98 Å². The minimum atomic E-state index is -2.61. The van der Waals surface area contributed by atoms with Gasteiger partial charge in [0.1, 0.15) is 5.52 Å². The molecular formula is C21H16N4O. The van der Waals surface area contributed by atoms with E-state index in [1.165, 1.54) is 6.07 Å². The fraction of sp³-hybridized carbons (Fsp3) is 0.0952. The van der Waals surface area contributed by atoms with Gasteiger partial charge in [0.05, 0.1) is 5.69 Å². The van der Waals surface area contributed by atoms with Crippen LogP contribution in [0, 0.1) is 13.7 Å². The van der Waals surface area contributed by atoms with Crippen molar-refractivity contribution >= 4 is 16.9 Å². The van der Waals surface area contributed by atoms with E-state index in [4.69, 9.17) is 12.6 Å². The second-order valence-electron chi connectivity index (χ2n) is 5.87. The van der Waals surface area contributed by atoms with Gasteiger partial charge in [-0.15, -0.1) is 5.10 Å². The van der Waals surface area contributed by atoms with Gasteiger partial charge in [-0.2, -0.15) is 9.50 Å². The summed E-state index contributed by atoms with van der Waals surface area (Å²) in [4.78, 5) is 8.70. The largest absolute Gasteiger partial charge is 0.421 e. The number of pyridine rings is 1. The molecule has 0 amide bonds. The summed E-state index contributed by atoms with van der Waals surface area (Å²) in [6.45, 7) is -5.20. The summed E-state index contributed by atoms with van der Waals surface area (Å²) in [5, 5.41) is 4.54. The first kappa shape index (κ1) is 9.87. The molecule has 5 heteroatoms. The molecule has 26 heavy (non-hydrogen) atoms. The summed E-state index contributed by atoms with van der Waals surface area (Å²) in [6, 6.07) is 16.1. The summed E-state index contributed by atoms with van der Waals surface area (Å²) in [5.74, 6) is 0.794. The van der Waals surface area contributed by atoms with Crippen molar-refractivity contribution < 1.29 is 12.6 Å². The van der Waals surface area contributed by atoms with Crippen LogP contribution in [0.4, 0.5) is 0 Å². The number of rotatable bonds is 2. The van der Waals surface area contributed by atoms with Gasteiger partial charge in [0.15, 0.2) is 11.4 Å². The minimum Gasteiger partial charge on any atom is -0.421 e. The van der Waals surface area contributed by atoms with E-state index in [2.05, 4.69) is 15.1 Å². The topological polar surface area (TPSA) is 56.2 Å². The Morgan fingerprint density at radius 1 is 1.00 bits per heavy atom. The van der Waals surface area contributed by atoms with Crippen molar-refractivity contribution in [2.45, 2.75) is 13.7 Å². The number of nitrogens with zero attached hydrogens (tertiary/aromatic N) is 4. The van der Waals surface area contributed by atoms with Crippen LogP contribution in [0.15, 0.2) is 65.2 Å². The van der Waals surface area contributed by atoms with E-state index in [-0.39, 0.29) is 22.7 Å². The molecule has 5 rings (SSSR count). The lowest BCUT2D eigenvalue weighted by Gasteiger charge is -2.04. The Morgan fingerprint density at radius 2 is 1.88 bits per heavy atom. The smallest absolute Gasteiger partial charge is 0.326 e. The van der Waals surface area contributed by atoms with Crippen molar-refractivity contribution in [2.24, 2.45) is 0 Å². The van der Waals surface area contributed by atoms with E-state index in [0.29, 0.717) is 22.5 Å². The lowest BCUT2D eigenvalue weighted by Crippen LogP contribution is -1.90. The third-order valence-corrected chi connectivity index (χ3v) is 4.21. The third-order valence-electron chi connectivity index (χ3n) is 4.21. The van der Waals surface area contributed by atoms with E-state index >= 15 is 0 Å².